The van der Waals surface area contributed by atoms with Gasteiger partial charge >= 0.3 is 0 Å². The fourth-order valence-corrected chi connectivity index (χ4v) is 5.39. The first-order valence-electron chi connectivity index (χ1n) is 11.9. The van der Waals surface area contributed by atoms with Crippen molar-refractivity contribution in [2.24, 2.45) is 5.92 Å². The molecule has 34 heavy (non-hydrogen) atoms. The van der Waals surface area contributed by atoms with Gasteiger partial charge in [-0.25, -0.2) is 0 Å². The molecule has 2 aliphatic heterocycles. The molecule has 0 bridgehead atoms. The number of rotatable bonds is 9. The zero-order valence-corrected chi connectivity index (χ0v) is 21.0. The highest BCUT2D eigenvalue weighted by Gasteiger charge is 2.55. The molecule has 2 aliphatic rings. The van der Waals surface area contributed by atoms with Crippen LogP contribution in [0.4, 0.5) is 0 Å². The van der Waals surface area contributed by atoms with Crippen molar-refractivity contribution in [1.82, 2.24) is 14.7 Å². The van der Waals surface area contributed by atoms with Gasteiger partial charge < -0.3 is 14.5 Å². The largest absolute Gasteiger partial charge is 0.383 e. The maximum atomic E-state index is 13.6. The van der Waals surface area contributed by atoms with Gasteiger partial charge in [0, 0.05) is 51.2 Å². The second kappa shape index (κ2) is 11.3. The van der Waals surface area contributed by atoms with Crippen LogP contribution in [0.3, 0.4) is 0 Å². The predicted octanol–water partition coefficient (Wildman–Crippen LogP) is 2.48. The molecule has 0 aliphatic carbocycles. The third-order valence-corrected chi connectivity index (χ3v) is 7.30. The van der Waals surface area contributed by atoms with Crippen molar-refractivity contribution in [1.29, 1.82) is 0 Å². The molecule has 0 unspecified atom stereocenters. The van der Waals surface area contributed by atoms with E-state index in [0.717, 1.165) is 12.8 Å². The lowest BCUT2D eigenvalue weighted by Gasteiger charge is -2.36. The Morgan fingerprint density at radius 3 is 2.56 bits per heavy atom. The summed E-state index contributed by atoms with van der Waals surface area (Å²) in [5, 5.41) is 0.346. The van der Waals surface area contributed by atoms with Gasteiger partial charge in [-0.15, -0.1) is 0 Å². The first-order valence-corrected chi connectivity index (χ1v) is 12.3. The molecule has 2 heterocycles. The minimum Gasteiger partial charge on any atom is -0.383 e. The zero-order chi connectivity index (χ0) is 24.9. The second-order valence-corrected chi connectivity index (χ2v) is 9.36. The molecular formula is C25H34ClN3O5. The summed E-state index contributed by atoms with van der Waals surface area (Å²) in [7, 11) is 1.50. The van der Waals surface area contributed by atoms with Gasteiger partial charge in [0.2, 0.25) is 23.6 Å². The van der Waals surface area contributed by atoms with Crippen molar-refractivity contribution < 1.29 is 23.9 Å². The van der Waals surface area contributed by atoms with Crippen molar-refractivity contribution >= 4 is 35.2 Å². The Bertz CT molecular complexity index is 935. The predicted molar refractivity (Wildman–Crippen MR) is 128 cm³/mol. The van der Waals surface area contributed by atoms with Crippen LogP contribution in [0.25, 0.3) is 0 Å². The molecule has 0 N–H and O–H groups in total. The number of methoxy groups -OCH3 is 1. The van der Waals surface area contributed by atoms with Crippen molar-refractivity contribution in [2.45, 2.75) is 44.9 Å². The van der Waals surface area contributed by atoms with Crippen molar-refractivity contribution in [3.63, 3.8) is 0 Å². The van der Waals surface area contributed by atoms with Gasteiger partial charge in [0.1, 0.15) is 0 Å². The molecule has 186 valence electrons. The van der Waals surface area contributed by atoms with Crippen LogP contribution in [-0.4, -0.2) is 84.8 Å². The van der Waals surface area contributed by atoms with E-state index in [1.165, 1.54) is 12.0 Å². The monoisotopic (exact) mass is 491 g/mol. The van der Waals surface area contributed by atoms with E-state index in [2.05, 4.69) is 0 Å². The quantitative estimate of drug-likeness (QED) is 0.495. The van der Waals surface area contributed by atoms with Crippen molar-refractivity contribution in [2.75, 3.05) is 46.4 Å². The Hall–Kier alpha value is -2.45. The molecule has 8 nitrogen and oxygen atoms in total. The van der Waals surface area contributed by atoms with Gasteiger partial charge in [0.25, 0.3) is 0 Å². The summed E-state index contributed by atoms with van der Waals surface area (Å²) in [6, 6.07) is 6.88. The summed E-state index contributed by atoms with van der Waals surface area (Å²) in [5.74, 6) is -1.22. The summed E-state index contributed by atoms with van der Waals surface area (Å²) in [6.07, 6.45) is 1.16. The Morgan fingerprint density at radius 1 is 1.21 bits per heavy atom. The van der Waals surface area contributed by atoms with Crippen LogP contribution in [0.15, 0.2) is 24.3 Å². The van der Waals surface area contributed by atoms with E-state index in [-0.39, 0.29) is 49.6 Å². The lowest BCUT2D eigenvalue weighted by atomic mass is 9.75. The molecule has 0 aromatic heterocycles. The Balaban J connectivity index is 1.87. The van der Waals surface area contributed by atoms with Crippen LogP contribution < -0.4 is 0 Å². The minimum absolute atomic E-state index is 0.0566. The molecule has 2 atom stereocenters. The summed E-state index contributed by atoms with van der Waals surface area (Å²) in [6.45, 7) is 6.32. The fraction of sp³-hybridized carbons (Fsp3) is 0.600. The topological polar surface area (TPSA) is 87.2 Å². The molecular weight excluding hydrogens is 458 g/mol. The second-order valence-electron chi connectivity index (χ2n) is 8.95. The highest BCUT2D eigenvalue weighted by atomic mass is 35.5. The van der Waals surface area contributed by atoms with Gasteiger partial charge in [0.15, 0.2) is 0 Å². The van der Waals surface area contributed by atoms with E-state index in [1.54, 1.807) is 34.1 Å². The van der Waals surface area contributed by atoms with Crippen molar-refractivity contribution in [3.8, 4) is 0 Å². The summed E-state index contributed by atoms with van der Waals surface area (Å²) in [5.41, 5.74) is -0.883. The average Bonchev–Trinajstić information content (AvgIpc) is 3.07. The Morgan fingerprint density at radius 2 is 1.91 bits per heavy atom. The first kappa shape index (κ1) is 26.2. The van der Waals surface area contributed by atoms with Crippen LogP contribution in [0, 0.1) is 5.92 Å². The minimum atomic E-state index is -1.37. The number of carbonyl (C=O) groups excluding carboxylic acids is 4. The number of hydrogen-bond donors (Lipinski definition) is 0. The molecule has 1 aromatic rings. The third-order valence-electron chi connectivity index (χ3n) is 6.97. The third kappa shape index (κ3) is 5.13. The smallest absolute Gasteiger partial charge is 0.241 e. The van der Waals surface area contributed by atoms with Crippen LogP contribution >= 0.6 is 11.6 Å². The lowest BCUT2D eigenvalue weighted by molar-refractivity contribution is -0.145. The van der Waals surface area contributed by atoms with Gasteiger partial charge in [0.05, 0.1) is 24.5 Å². The molecule has 2 fully saturated rings. The first-order chi connectivity index (χ1) is 16.3. The standard InChI is InChI=1S/C25H34ClN3O5/c1-4-27(5-2)23(32)18-9-8-12-28(17-18)21(30)15-25(19-10-6-7-11-20(19)26)16-22(31)29(24(25)33)13-14-34-3/h6-7,10-11,18H,4-5,8-9,12-17H2,1-3H3/t18-,25+/m0/s1. The van der Waals surface area contributed by atoms with E-state index in [9.17, 15) is 19.2 Å². The Kier molecular flexibility index (Phi) is 8.71. The zero-order valence-electron chi connectivity index (χ0n) is 20.2. The number of likely N-dealkylation sites (tertiary alicyclic amines) is 2. The van der Waals surface area contributed by atoms with E-state index in [1.807, 2.05) is 13.8 Å². The maximum absolute atomic E-state index is 13.6. The summed E-state index contributed by atoms with van der Waals surface area (Å²) >= 11 is 6.48. The summed E-state index contributed by atoms with van der Waals surface area (Å²) in [4.78, 5) is 57.5. The number of hydrogen-bond acceptors (Lipinski definition) is 5. The maximum Gasteiger partial charge on any atom is 0.241 e. The van der Waals surface area contributed by atoms with E-state index < -0.39 is 11.3 Å². The number of piperidine rings is 1. The van der Waals surface area contributed by atoms with E-state index in [4.69, 9.17) is 16.3 Å². The van der Waals surface area contributed by atoms with E-state index >= 15 is 0 Å². The number of amides is 4. The lowest BCUT2D eigenvalue weighted by Crippen LogP contribution is -2.49. The van der Waals surface area contributed by atoms with Gasteiger partial charge in [-0.3, -0.25) is 24.1 Å². The molecule has 0 saturated carbocycles. The number of benzene rings is 1. The molecule has 9 heteroatoms. The van der Waals surface area contributed by atoms with Gasteiger partial charge in [-0.05, 0) is 38.3 Å². The Labute approximate surface area is 206 Å². The number of imide groups is 1. The summed E-state index contributed by atoms with van der Waals surface area (Å²) < 4.78 is 5.06. The molecule has 3 rings (SSSR count). The number of ether oxygens (including phenoxy) is 1. The molecule has 1 aromatic carbocycles. The number of halogens is 1. The molecule has 0 spiro atoms. The van der Waals surface area contributed by atoms with Crippen LogP contribution in [-0.2, 0) is 29.3 Å². The van der Waals surface area contributed by atoms with Gasteiger partial charge in [-0.1, -0.05) is 29.8 Å². The average molecular weight is 492 g/mol. The number of carbonyl (C=O) groups is 4. The SMILES string of the molecule is CCN(CC)C(=O)[C@H]1CCCN(C(=O)C[C@]2(c3ccccc3Cl)CC(=O)N(CCOC)C2=O)C1. The van der Waals surface area contributed by atoms with Gasteiger partial charge in [-0.2, -0.15) is 0 Å². The molecule has 2 saturated heterocycles. The fourth-order valence-electron chi connectivity index (χ4n) is 5.07. The van der Waals surface area contributed by atoms with E-state index in [0.29, 0.717) is 36.8 Å². The van der Waals surface area contributed by atoms with Crippen LogP contribution in [0.5, 0.6) is 0 Å². The van der Waals surface area contributed by atoms with Crippen LogP contribution in [0.2, 0.25) is 5.02 Å². The molecule has 0 radical (unpaired) electrons. The normalized spacial score (nSPS) is 22.9. The number of nitrogens with zero attached hydrogens (tertiary/aromatic N) is 3. The highest BCUT2D eigenvalue weighted by molar-refractivity contribution is 6.32. The van der Waals surface area contributed by atoms with Crippen LogP contribution in [0.1, 0.15) is 45.1 Å². The van der Waals surface area contributed by atoms with Crippen molar-refractivity contribution in [3.05, 3.63) is 34.9 Å². The molecule has 4 amide bonds. The highest BCUT2D eigenvalue weighted by Crippen LogP contribution is 2.43.